The van der Waals surface area contributed by atoms with Crippen LogP contribution in [0.15, 0.2) is 0 Å². The van der Waals surface area contributed by atoms with Crippen LogP contribution in [0.2, 0.25) is 0 Å². The third-order valence-corrected chi connectivity index (χ3v) is 0. The Balaban J connectivity index is -0.0000000800. The number of hydrogen-bond acceptors (Lipinski definition) is 0. The van der Waals surface area contributed by atoms with Gasteiger partial charge in [0.05, 0.1) is 0 Å². The van der Waals surface area contributed by atoms with Crippen molar-refractivity contribution in [2.75, 3.05) is 0 Å². The van der Waals surface area contributed by atoms with Gasteiger partial charge in [-0.25, -0.2) is 20.1 Å². The third kappa shape index (κ3) is 225. The molecule has 0 aliphatic heterocycles. The predicted octanol–water partition coefficient (Wildman–Crippen LogP) is -1.99. The molecule has 0 bridgehead atoms. The van der Waals surface area contributed by atoms with Crippen molar-refractivity contribution < 1.29 is 25.6 Å². The second-order valence-corrected chi connectivity index (χ2v) is 0.615. The molecule has 0 saturated carbocycles. The van der Waals surface area contributed by atoms with Crippen LogP contribution < -0.4 is 12.4 Å². The second-order valence-electron chi connectivity index (χ2n) is 0.615. The second kappa shape index (κ2) is 4.99. The quantitative estimate of drug-likeness (QED) is 0.272. The smallest absolute Gasteiger partial charge is 1.00 e. The molecule has 0 rings (SSSR count). The van der Waals surface area contributed by atoms with Crippen molar-refractivity contribution in [3.8, 4) is 0 Å². The van der Waals surface area contributed by atoms with E-state index in [0.717, 1.165) is 0 Å². The summed E-state index contributed by atoms with van der Waals surface area (Å²) in [5.74, 6) is 0. The maximum Gasteiger partial charge on any atom is 2.00 e. The van der Waals surface area contributed by atoms with Crippen LogP contribution in [-0.2, 0) is 0 Å². The zero-order valence-corrected chi connectivity index (χ0v) is 5.60. The van der Waals surface area contributed by atoms with Crippen LogP contribution in [0, 0.1) is 6.92 Å². The van der Waals surface area contributed by atoms with E-state index in [1.165, 1.54) is 0 Å². The molecular formula is C2H2ClF3Mg. The van der Waals surface area contributed by atoms with Gasteiger partial charge in [0.25, 0.3) is 6.18 Å². The Morgan fingerprint density at radius 1 is 1.14 bits per heavy atom. The maximum atomic E-state index is 10.2. The molecule has 0 heterocycles. The average molecular weight is 143 g/mol. The molecule has 0 radical (unpaired) electrons. The van der Waals surface area contributed by atoms with Gasteiger partial charge in [0.2, 0.25) is 0 Å². The Hall–Kier alpha value is 0.846. The van der Waals surface area contributed by atoms with Gasteiger partial charge >= 0.3 is 23.1 Å². The van der Waals surface area contributed by atoms with E-state index in [1.54, 1.807) is 6.92 Å². The number of halogens is 4. The first-order chi connectivity index (χ1) is 2.00. The molecule has 0 aliphatic carbocycles. The summed E-state index contributed by atoms with van der Waals surface area (Å²) in [6.45, 7) is 1.77. The Bertz CT molecular complexity index is 28.4. The third-order valence-electron chi connectivity index (χ3n) is 0. The maximum absolute atomic E-state index is 10.2. The van der Waals surface area contributed by atoms with Crippen molar-refractivity contribution in [1.82, 2.24) is 0 Å². The molecule has 0 aliphatic rings. The fourth-order valence-corrected chi connectivity index (χ4v) is 0. The average Bonchev–Trinajstić information content (AvgIpc) is 0.722. The molecule has 7 heavy (non-hydrogen) atoms. The van der Waals surface area contributed by atoms with Gasteiger partial charge in [-0.3, -0.25) is 0 Å². The van der Waals surface area contributed by atoms with Crippen LogP contribution in [-0.4, -0.2) is 29.2 Å². The fraction of sp³-hybridized carbons (Fsp3) is 0.500. The van der Waals surface area contributed by atoms with Crippen LogP contribution in [0.25, 0.3) is 0 Å². The molecule has 0 aromatic heterocycles. The van der Waals surface area contributed by atoms with Crippen molar-refractivity contribution in [2.24, 2.45) is 0 Å². The molecule has 0 fully saturated rings. The Kier molecular flexibility index (Phi) is 11.2. The standard InChI is InChI=1S/C2H2F3.ClH.Mg/c1-2(3,4)5;;/h1H2;1H;/q-1;;+2/p-1. The molecule has 0 saturated heterocycles. The van der Waals surface area contributed by atoms with E-state index in [0.29, 0.717) is 0 Å². The summed E-state index contributed by atoms with van der Waals surface area (Å²) in [4.78, 5) is 0. The van der Waals surface area contributed by atoms with Gasteiger partial charge in [-0.2, -0.15) is 0 Å². The SMILES string of the molecule is [CH2-]C(F)(F)F.[Cl-].[Mg+2]. The van der Waals surface area contributed by atoms with Crippen LogP contribution >= 0.6 is 0 Å². The van der Waals surface area contributed by atoms with Gasteiger partial charge in [0.15, 0.2) is 0 Å². The molecule has 0 nitrogen and oxygen atoms in total. The first-order valence-electron chi connectivity index (χ1n) is 0.921. The predicted molar refractivity (Wildman–Crippen MR) is 17.2 cm³/mol. The van der Waals surface area contributed by atoms with Crippen LogP contribution in [0.4, 0.5) is 13.2 Å². The van der Waals surface area contributed by atoms with Crippen LogP contribution in [0.1, 0.15) is 0 Å². The molecule has 0 unspecified atom stereocenters. The van der Waals surface area contributed by atoms with Crippen molar-refractivity contribution in [2.45, 2.75) is 6.18 Å². The topological polar surface area (TPSA) is 0 Å². The van der Waals surface area contributed by atoms with Gasteiger partial charge in [-0.15, -0.1) is 0 Å². The zero-order valence-electron chi connectivity index (χ0n) is 3.43. The molecule has 0 N–H and O–H groups in total. The van der Waals surface area contributed by atoms with E-state index in [-0.39, 0.29) is 35.5 Å². The summed E-state index contributed by atoms with van der Waals surface area (Å²) in [5.41, 5.74) is 0. The number of hydrogen-bond donors (Lipinski definition) is 0. The summed E-state index contributed by atoms with van der Waals surface area (Å²) >= 11 is 0. The van der Waals surface area contributed by atoms with Crippen molar-refractivity contribution in [3.05, 3.63) is 6.92 Å². The first-order valence-corrected chi connectivity index (χ1v) is 0.921. The summed E-state index contributed by atoms with van der Waals surface area (Å²) in [6, 6.07) is 0. The molecule has 0 spiro atoms. The molecule has 0 amide bonds. The monoisotopic (exact) mass is 142 g/mol. The van der Waals surface area contributed by atoms with E-state index in [2.05, 4.69) is 0 Å². The van der Waals surface area contributed by atoms with E-state index in [1.807, 2.05) is 0 Å². The van der Waals surface area contributed by atoms with E-state index >= 15 is 0 Å². The first kappa shape index (κ1) is 15.7. The molecule has 0 aromatic rings. The van der Waals surface area contributed by atoms with Crippen molar-refractivity contribution >= 4 is 23.1 Å². The van der Waals surface area contributed by atoms with Gasteiger partial charge < -0.3 is 12.4 Å². The minimum Gasteiger partial charge on any atom is -1.00 e. The molecular weight excluding hydrogens is 141 g/mol. The number of alkyl halides is 3. The minimum absolute atomic E-state index is 0. The van der Waals surface area contributed by atoms with Crippen molar-refractivity contribution in [3.63, 3.8) is 0 Å². The number of rotatable bonds is 0. The largest absolute Gasteiger partial charge is 2.00 e. The minimum atomic E-state index is -4.25. The van der Waals surface area contributed by atoms with Gasteiger partial charge in [0, 0.05) is 0 Å². The van der Waals surface area contributed by atoms with Gasteiger partial charge in [0.1, 0.15) is 0 Å². The van der Waals surface area contributed by atoms with E-state index < -0.39 is 6.18 Å². The normalized spacial score (nSPS) is 8.57. The summed E-state index contributed by atoms with van der Waals surface area (Å²) < 4.78 is 30.7. The summed E-state index contributed by atoms with van der Waals surface area (Å²) in [5, 5.41) is 0. The van der Waals surface area contributed by atoms with Gasteiger partial charge in [-0.05, 0) is 0 Å². The fourth-order valence-electron chi connectivity index (χ4n) is 0. The Morgan fingerprint density at radius 3 is 1.14 bits per heavy atom. The van der Waals surface area contributed by atoms with Crippen LogP contribution in [0.3, 0.4) is 0 Å². The summed E-state index contributed by atoms with van der Waals surface area (Å²) in [6.07, 6.45) is -4.25. The van der Waals surface area contributed by atoms with Crippen molar-refractivity contribution in [1.29, 1.82) is 0 Å². The Labute approximate surface area is 62.0 Å². The molecule has 40 valence electrons. The van der Waals surface area contributed by atoms with E-state index in [9.17, 15) is 13.2 Å². The van der Waals surface area contributed by atoms with Gasteiger partial charge in [-0.1, -0.05) is 0 Å². The summed E-state index contributed by atoms with van der Waals surface area (Å²) in [7, 11) is 0. The van der Waals surface area contributed by atoms with E-state index in [4.69, 9.17) is 0 Å². The van der Waals surface area contributed by atoms with Crippen LogP contribution in [0.5, 0.6) is 0 Å². The Morgan fingerprint density at radius 2 is 1.14 bits per heavy atom. The molecule has 0 atom stereocenters. The molecule has 5 heteroatoms. The molecule has 0 aromatic carbocycles. The zero-order chi connectivity index (χ0) is 4.50.